The number of fused-ring (bicyclic) bond motifs is 1. The Bertz CT molecular complexity index is 3150. The lowest BCUT2D eigenvalue weighted by Crippen LogP contribution is -2.63. The third-order valence-electron chi connectivity index (χ3n) is 17.6. The van der Waals surface area contributed by atoms with Crippen molar-refractivity contribution in [3.63, 3.8) is 0 Å². The Labute approximate surface area is 422 Å². The highest BCUT2D eigenvalue weighted by molar-refractivity contribution is 6.89. The molecule has 0 unspecified atom stereocenters. The summed E-state index contributed by atoms with van der Waals surface area (Å²) in [5.74, 6) is 3.23. The van der Waals surface area contributed by atoms with E-state index < -0.39 is 0 Å². The van der Waals surface area contributed by atoms with Crippen LogP contribution in [0.3, 0.4) is 0 Å². The molecule has 8 aliphatic rings. The number of allylic oxidation sites excluding steroid dienone is 12. The van der Waals surface area contributed by atoms with Gasteiger partial charge in [-0.1, -0.05) is 159 Å². The van der Waals surface area contributed by atoms with Gasteiger partial charge in [0, 0.05) is 34.0 Å². The van der Waals surface area contributed by atoms with Crippen molar-refractivity contribution in [3.8, 4) is 28.0 Å². The molecule has 1 heterocycles. The van der Waals surface area contributed by atoms with Crippen molar-refractivity contribution in [2.24, 2.45) is 17.8 Å². The predicted molar refractivity (Wildman–Crippen MR) is 299 cm³/mol. The summed E-state index contributed by atoms with van der Waals surface area (Å²) < 4.78 is 0. The Hall–Kier alpha value is -6.78. The average Bonchev–Trinajstić information content (AvgIpc) is 3.41. The highest BCUT2D eigenvalue weighted by Crippen LogP contribution is 2.61. The number of benzene rings is 6. The number of phenolic OH excluding ortho intramolecular Hbond substituents is 1. The first-order valence-electron chi connectivity index (χ1n) is 26.9. The van der Waals surface area contributed by atoms with Crippen LogP contribution in [-0.2, 0) is 0 Å². The number of hydrogen-bond donors (Lipinski definition) is 1. The largest absolute Gasteiger partial charge is 0.508 e. The topological polar surface area (TPSA) is 26.7 Å². The van der Waals surface area contributed by atoms with Crippen LogP contribution in [0.25, 0.3) is 33.4 Å². The molecule has 6 aromatic carbocycles. The number of aromatic hydroxyl groups is 1. The second-order valence-electron chi connectivity index (χ2n) is 22.4. The lowest BCUT2D eigenvalue weighted by atomic mass is 9.32. The average molecular weight is 925 g/mol. The quantitative estimate of drug-likeness (QED) is 0.139. The van der Waals surface area contributed by atoms with Crippen LogP contribution in [0.1, 0.15) is 114 Å². The van der Waals surface area contributed by atoms with Crippen molar-refractivity contribution < 1.29 is 5.11 Å². The Morgan fingerprint density at radius 1 is 0.592 bits per heavy atom. The summed E-state index contributed by atoms with van der Waals surface area (Å²) in [5.41, 5.74) is 21.6. The summed E-state index contributed by atoms with van der Waals surface area (Å²) in [7, 11) is 0. The second-order valence-corrected chi connectivity index (χ2v) is 22.4. The zero-order chi connectivity index (χ0) is 47.6. The van der Waals surface area contributed by atoms with Crippen LogP contribution in [0.2, 0.25) is 0 Å². The van der Waals surface area contributed by atoms with Gasteiger partial charge in [-0.05, 0) is 204 Å². The van der Waals surface area contributed by atoms with Crippen molar-refractivity contribution in [2.75, 3.05) is 9.80 Å². The van der Waals surface area contributed by atoms with E-state index in [0.29, 0.717) is 11.7 Å². The maximum absolute atomic E-state index is 13.1. The van der Waals surface area contributed by atoms with Gasteiger partial charge in [-0.3, -0.25) is 0 Å². The third-order valence-corrected chi connectivity index (χ3v) is 17.6. The molecule has 0 amide bonds. The Morgan fingerprint density at radius 2 is 1.18 bits per heavy atom. The van der Waals surface area contributed by atoms with Crippen LogP contribution in [-0.4, -0.2) is 17.4 Å². The van der Waals surface area contributed by atoms with Gasteiger partial charge in [-0.2, -0.15) is 0 Å². The van der Waals surface area contributed by atoms with Gasteiger partial charge in [0.05, 0.1) is 0 Å². The fourth-order valence-electron chi connectivity index (χ4n) is 14.6. The van der Waals surface area contributed by atoms with E-state index in [1.165, 1.54) is 111 Å². The van der Waals surface area contributed by atoms with E-state index >= 15 is 0 Å². The zero-order valence-electron chi connectivity index (χ0n) is 41.5. The lowest BCUT2D eigenvalue weighted by Gasteiger charge is -2.63. The Morgan fingerprint density at radius 3 is 1.82 bits per heavy atom. The van der Waals surface area contributed by atoms with E-state index in [1.807, 2.05) is 0 Å². The minimum atomic E-state index is -0.132. The van der Waals surface area contributed by atoms with Crippen molar-refractivity contribution in [1.82, 2.24) is 0 Å². The van der Waals surface area contributed by atoms with Gasteiger partial charge in [0.1, 0.15) is 5.75 Å². The smallest absolute Gasteiger partial charge is 0.250 e. The highest BCUT2D eigenvalue weighted by atomic mass is 16.3. The van der Waals surface area contributed by atoms with Gasteiger partial charge in [0.15, 0.2) is 0 Å². The minimum Gasteiger partial charge on any atom is -0.508 e. The van der Waals surface area contributed by atoms with Gasteiger partial charge in [-0.25, -0.2) is 0 Å². The molecule has 71 heavy (non-hydrogen) atoms. The number of rotatable bonds is 10. The maximum Gasteiger partial charge on any atom is 0.250 e. The molecular formula is C67H65BN2O. The first kappa shape index (κ1) is 44.2. The van der Waals surface area contributed by atoms with Crippen molar-refractivity contribution >= 4 is 40.4 Å². The van der Waals surface area contributed by atoms with Crippen LogP contribution in [0.5, 0.6) is 5.75 Å². The molecule has 1 aliphatic heterocycles. The minimum absolute atomic E-state index is 0.0560. The van der Waals surface area contributed by atoms with Gasteiger partial charge >= 0.3 is 0 Å². The van der Waals surface area contributed by atoms with Crippen molar-refractivity contribution in [1.29, 1.82) is 0 Å². The monoisotopic (exact) mass is 925 g/mol. The van der Waals surface area contributed by atoms with E-state index in [-0.39, 0.29) is 12.3 Å². The fourth-order valence-corrected chi connectivity index (χ4v) is 14.6. The summed E-state index contributed by atoms with van der Waals surface area (Å²) in [4.78, 5) is 5.41. The normalized spacial score (nSPS) is 23.2. The first-order chi connectivity index (χ1) is 34.8. The second kappa shape index (κ2) is 18.1. The standard InChI is InChI=1S/C67H65BN2O/c1-45(2)49-21-23-55(24-22-49)57-39-64-66(65(71)40-57)68(62-38-56(52-17-10-5-11-18-52)29-34-63(62)70(64)67-42-46-35-47(43-67)37-48(36-46)44-67)58-19-12-20-61(41-58)69(59-30-25-53(26-31-59)50-13-6-3-7-14-50)60-32-27-54(28-33-60)51-15-8-4-9-16-51/h3-8,10-11,13-15,17-19,21-28,30-33,38-41,45-48,71H,9,12,16,20,29,34-37,42-44H2,1-2H3. The van der Waals surface area contributed by atoms with E-state index in [0.717, 1.165) is 78.7 Å². The molecule has 1 N–H and O–H groups in total. The molecule has 4 bridgehead atoms. The summed E-state index contributed by atoms with van der Waals surface area (Å²) in [6.45, 7) is 4.40. The molecular weight excluding hydrogens is 860 g/mol. The molecule has 0 aromatic heterocycles. The predicted octanol–water partition coefficient (Wildman–Crippen LogP) is 16.7. The van der Waals surface area contributed by atoms with E-state index in [1.54, 1.807) is 0 Å². The van der Waals surface area contributed by atoms with Gasteiger partial charge in [0.25, 0.3) is 6.71 Å². The van der Waals surface area contributed by atoms with E-state index in [9.17, 15) is 5.11 Å². The summed E-state index contributed by atoms with van der Waals surface area (Å²) in [6, 6.07) is 54.0. The molecule has 352 valence electrons. The Balaban J connectivity index is 0.988. The van der Waals surface area contributed by atoms with Crippen molar-refractivity contribution in [2.45, 2.75) is 102 Å². The first-order valence-corrected chi connectivity index (χ1v) is 26.9. The molecule has 0 radical (unpaired) electrons. The summed E-state index contributed by atoms with van der Waals surface area (Å²) in [5, 5.41) is 13.1. The molecule has 4 fully saturated rings. The molecule has 0 spiro atoms. The summed E-state index contributed by atoms with van der Waals surface area (Å²) >= 11 is 0. The maximum atomic E-state index is 13.1. The van der Waals surface area contributed by atoms with Crippen LogP contribution in [0, 0.1) is 17.8 Å². The van der Waals surface area contributed by atoms with Crippen LogP contribution >= 0.6 is 0 Å². The molecule has 6 aromatic rings. The highest BCUT2D eigenvalue weighted by Gasteiger charge is 2.56. The number of anilines is 3. The lowest BCUT2D eigenvalue weighted by molar-refractivity contribution is -0.00158. The molecule has 14 rings (SSSR count). The van der Waals surface area contributed by atoms with Crippen LogP contribution in [0.4, 0.5) is 17.1 Å². The van der Waals surface area contributed by atoms with Crippen molar-refractivity contribution in [3.05, 3.63) is 221 Å². The van der Waals surface area contributed by atoms with Crippen LogP contribution in [0.15, 0.2) is 204 Å². The van der Waals surface area contributed by atoms with E-state index in [2.05, 4.69) is 206 Å². The fraction of sp³-hybridized carbons (Fsp3) is 0.284. The number of phenols is 1. The third kappa shape index (κ3) is 8.08. The van der Waals surface area contributed by atoms with Gasteiger partial charge in [0.2, 0.25) is 0 Å². The summed E-state index contributed by atoms with van der Waals surface area (Å²) in [6.07, 6.45) is 28.2. The molecule has 0 saturated heterocycles. The number of nitrogens with zero attached hydrogens (tertiary/aromatic N) is 2. The Kier molecular flexibility index (Phi) is 11.3. The molecule has 4 saturated carbocycles. The SMILES string of the molecule is CC(C)c1ccc(-c2cc(O)c3c(c2)N(C24CC5CC(CC(C5)C2)C4)C2=C(C=C(c4ccccc4)CC2)B3C2=CCCC(N(c3ccc(C4=CC=CCC4)cc3)c3ccc(-c4ccccc4)cc3)=C2)cc1. The number of hydrogen-bond acceptors (Lipinski definition) is 3. The molecule has 4 heteroatoms. The molecule has 0 atom stereocenters. The zero-order valence-corrected chi connectivity index (χ0v) is 41.5. The van der Waals surface area contributed by atoms with E-state index in [4.69, 9.17) is 0 Å². The van der Waals surface area contributed by atoms with Gasteiger partial charge in [-0.15, -0.1) is 0 Å². The molecule has 3 nitrogen and oxygen atoms in total. The molecule has 7 aliphatic carbocycles. The van der Waals surface area contributed by atoms with Crippen LogP contribution < -0.4 is 15.3 Å². The van der Waals surface area contributed by atoms with Gasteiger partial charge < -0.3 is 14.9 Å².